The van der Waals surface area contributed by atoms with Gasteiger partial charge in [0.25, 0.3) is 0 Å². The van der Waals surface area contributed by atoms with Crippen molar-refractivity contribution in [3.63, 3.8) is 0 Å². The van der Waals surface area contributed by atoms with Gasteiger partial charge >= 0.3 is 5.97 Å². The summed E-state index contributed by atoms with van der Waals surface area (Å²) in [5.41, 5.74) is 0.223. The third-order valence-electron chi connectivity index (χ3n) is 4.00. The lowest BCUT2D eigenvalue weighted by atomic mass is 9.74. The minimum Gasteiger partial charge on any atom is -0.469 e. The Hall–Kier alpha value is -1.06. The van der Waals surface area contributed by atoms with Crippen molar-refractivity contribution in [2.75, 3.05) is 7.11 Å². The fraction of sp³-hybridized carbons (Fsp3) is 0.467. The van der Waals surface area contributed by atoms with Crippen LogP contribution in [0.5, 0.6) is 0 Å². The fourth-order valence-electron chi connectivity index (χ4n) is 2.87. The normalized spacial score (nSPS) is 16.9. The average Bonchev–Trinajstić information content (AvgIpc) is 2.92. The molecule has 0 spiro atoms. The van der Waals surface area contributed by atoms with Crippen molar-refractivity contribution in [1.82, 2.24) is 0 Å². The molecule has 0 aromatic heterocycles. The summed E-state index contributed by atoms with van der Waals surface area (Å²) in [5.74, 6) is -0.596. The highest BCUT2D eigenvalue weighted by molar-refractivity contribution is 6.42. The largest absolute Gasteiger partial charge is 0.469 e. The predicted octanol–water partition coefficient (Wildman–Crippen LogP) is 3.94. The summed E-state index contributed by atoms with van der Waals surface area (Å²) in [4.78, 5) is 23.9. The molecule has 1 aromatic carbocycles. The number of carbonyl (C=O) groups is 2. The van der Waals surface area contributed by atoms with Crippen molar-refractivity contribution < 1.29 is 14.3 Å². The molecule has 1 saturated carbocycles. The standard InChI is InChI=1S/C15H16Cl2O3/c1-20-14(19)9-13(18)15(6-2-3-7-15)10-4-5-11(16)12(17)8-10/h4-5,8H,2-3,6-7,9H2,1H3. The maximum absolute atomic E-state index is 12.6. The molecule has 0 amide bonds. The van der Waals surface area contributed by atoms with Gasteiger partial charge in [-0.25, -0.2) is 0 Å². The summed E-state index contributed by atoms with van der Waals surface area (Å²) in [6, 6.07) is 5.27. The minimum atomic E-state index is -0.623. The molecule has 1 aliphatic rings. The van der Waals surface area contributed by atoms with Crippen LogP contribution in [0.4, 0.5) is 0 Å². The lowest BCUT2D eigenvalue weighted by Crippen LogP contribution is -2.34. The number of hydrogen-bond donors (Lipinski definition) is 0. The number of rotatable bonds is 4. The second-order valence-corrected chi connectivity index (χ2v) is 5.91. The van der Waals surface area contributed by atoms with Crippen LogP contribution in [0.15, 0.2) is 18.2 Å². The number of ether oxygens (including phenoxy) is 1. The van der Waals surface area contributed by atoms with E-state index in [0.717, 1.165) is 31.2 Å². The Morgan fingerprint density at radius 2 is 1.85 bits per heavy atom. The van der Waals surface area contributed by atoms with Crippen LogP contribution in [-0.4, -0.2) is 18.9 Å². The Labute approximate surface area is 128 Å². The number of esters is 1. The lowest BCUT2D eigenvalue weighted by Gasteiger charge is -2.28. The Morgan fingerprint density at radius 3 is 2.40 bits per heavy atom. The van der Waals surface area contributed by atoms with Crippen LogP contribution >= 0.6 is 23.2 Å². The Balaban J connectivity index is 2.36. The minimum absolute atomic E-state index is 0.0970. The van der Waals surface area contributed by atoms with Crippen molar-refractivity contribution in [3.8, 4) is 0 Å². The Kier molecular flexibility index (Phi) is 4.71. The molecule has 0 bridgehead atoms. The first-order valence-electron chi connectivity index (χ1n) is 6.55. The number of carbonyl (C=O) groups excluding carboxylic acids is 2. The summed E-state index contributed by atoms with van der Waals surface area (Å²) in [6.45, 7) is 0. The zero-order valence-corrected chi connectivity index (χ0v) is 12.8. The van der Waals surface area contributed by atoms with Crippen LogP contribution in [0.1, 0.15) is 37.7 Å². The second kappa shape index (κ2) is 6.15. The molecule has 1 aliphatic carbocycles. The summed E-state index contributed by atoms with van der Waals surface area (Å²) in [5, 5.41) is 0.894. The van der Waals surface area contributed by atoms with Gasteiger partial charge in [-0.05, 0) is 30.5 Å². The first-order valence-corrected chi connectivity index (χ1v) is 7.31. The zero-order valence-electron chi connectivity index (χ0n) is 11.2. The summed E-state index contributed by atoms with van der Waals surface area (Å²) < 4.78 is 4.60. The number of methoxy groups -OCH3 is 1. The Bertz CT molecular complexity index is 534. The van der Waals surface area contributed by atoms with Crippen LogP contribution in [0.25, 0.3) is 0 Å². The molecular weight excluding hydrogens is 299 g/mol. The molecule has 0 atom stereocenters. The number of ketones is 1. The number of Topliss-reactive ketones (excluding diaryl/α,β-unsaturated/α-hetero) is 1. The van der Waals surface area contributed by atoms with E-state index < -0.39 is 11.4 Å². The summed E-state index contributed by atoms with van der Waals surface area (Å²) >= 11 is 12.0. The van der Waals surface area contributed by atoms with E-state index in [1.807, 2.05) is 6.07 Å². The molecule has 2 rings (SSSR count). The SMILES string of the molecule is COC(=O)CC(=O)C1(c2ccc(Cl)c(Cl)c2)CCCC1. The molecular formula is C15H16Cl2O3. The molecule has 20 heavy (non-hydrogen) atoms. The molecule has 5 heteroatoms. The van der Waals surface area contributed by atoms with Gasteiger partial charge in [0.2, 0.25) is 0 Å². The van der Waals surface area contributed by atoms with E-state index in [-0.39, 0.29) is 12.2 Å². The van der Waals surface area contributed by atoms with Gasteiger partial charge < -0.3 is 4.74 Å². The summed E-state index contributed by atoms with van der Waals surface area (Å²) in [6.07, 6.45) is 3.21. The molecule has 1 aromatic rings. The monoisotopic (exact) mass is 314 g/mol. The first kappa shape index (κ1) is 15.3. The van der Waals surface area contributed by atoms with Crippen LogP contribution < -0.4 is 0 Å². The molecule has 108 valence electrons. The molecule has 0 heterocycles. The smallest absolute Gasteiger partial charge is 0.313 e. The van der Waals surface area contributed by atoms with E-state index in [4.69, 9.17) is 23.2 Å². The van der Waals surface area contributed by atoms with Crippen molar-refractivity contribution in [2.24, 2.45) is 0 Å². The van der Waals surface area contributed by atoms with Gasteiger partial charge in [0.05, 0.1) is 22.6 Å². The highest BCUT2D eigenvalue weighted by atomic mass is 35.5. The summed E-state index contributed by atoms with van der Waals surface area (Å²) in [7, 11) is 1.29. The third kappa shape index (κ3) is 2.84. The molecule has 0 radical (unpaired) electrons. The number of hydrogen-bond acceptors (Lipinski definition) is 3. The molecule has 0 aliphatic heterocycles. The molecule has 1 fully saturated rings. The van der Waals surface area contributed by atoms with E-state index >= 15 is 0 Å². The maximum Gasteiger partial charge on any atom is 0.313 e. The molecule has 0 saturated heterocycles. The van der Waals surface area contributed by atoms with Crippen LogP contribution in [0.2, 0.25) is 10.0 Å². The average molecular weight is 315 g/mol. The predicted molar refractivity (Wildman–Crippen MR) is 78.2 cm³/mol. The number of halogens is 2. The topological polar surface area (TPSA) is 43.4 Å². The van der Waals surface area contributed by atoms with Gasteiger partial charge in [-0.1, -0.05) is 42.1 Å². The van der Waals surface area contributed by atoms with Gasteiger partial charge in [-0.2, -0.15) is 0 Å². The molecule has 0 N–H and O–H groups in total. The van der Waals surface area contributed by atoms with Gasteiger partial charge in [0.15, 0.2) is 5.78 Å². The lowest BCUT2D eigenvalue weighted by molar-refractivity contribution is -0.144. The van der Waals surface area contributed by atoms with Gasteiger partial charge in [-0.3, -0.25) is 9.59 Å². The van der Waals surface area contributed by atoms with E-state index in [1.54, 1.807) is 12.1 Å². The highest BCUT2D eigenvalue weighted by Gasteiger charge is 2.43. The van der Waals surface area contributed by atoms with Crippen LogP contribution in [-0.2, 0) is 19.7 Å². The van der Waals surface area contributed by atoms with E-state index in [0.29, 0.717) is 10.0 Å². The van der Waals surface area contributed by atoms with Gasteiger partial charge in [0.1, 0.15) is 6.42 Å². The third-order valence-corrected chi connectivity index (χ3v) is 4.73. The van der Waals surface area contributed by atoms with Crippen molar-refractivity contribution >= 4 is 35.0 Å². The highest BCUT2D eigenvalue weighted by Crippen LogP contribution is 2.44. The van der Waals surface area contributed by atoms with Crippen molar-refractivity contribution in [2.45, 2.75) is 37.5 Å². The quantitative estimate of drug-likeness (QED) is 0.624. The number of benzene rings is 1. The van der Waals surface area contributed by atoms with Crippen molar-refractivity contribution in [3.05, 3.63) is 33.8 Å². The molecule has 0 unspecified atom stereocenters. The van der Waals surface area contributed by atoms with E-state index in [1.165, 1.54) is 7.11 Å². The van der Waals surface area contributed by atoms with Crippen molar-refractivity contribution in [1.29, 1.82) is 0 Å². The van der Waals surface area contributed by atoms with Crippen LogP contribution in [0, 0.1) is 0 Å². The maximum atomic E-state index is 12.6. The van der Waals surface area contributed by atoms with Gasteiger partial charge in [-0.15, -0.1) is 0 Å². The van der Waals surface area contributed by atoms with Gasteiger partial charge in [0, 0.05) is 0 Å². The zero-order chi connectivity index (χ0) is 14.8. The Morgan fingerprint density at radius 1 is 1.20 bits per heavy atom. The fourth-order valence-corrected chi connectivity index (χ4v) is 3.17. The molecule has 3 nitrogen and oxygen atoms in total. The van der Waals surface area contributed by atoms with Crippen LogP contribution in [0.3, 0.4) is 0 Å². The van der Waals surface area contributed by atoms with E-state index in [2.05, 4.69) is 4.74 Å². The van der Waals surface area contributed by atoms with E-state index in [9.17, 15) is 9.59 Å². The first-order chi connectivity index (χ1) is 9.49. The second-order valence-electron chi connectivity index (χ2n) is 5.09.